The van der Waals surface area contributed by atoms with Crippen LogP contribution in [0.1, 0.15) is 18.4 Å². The second-order valence-corrected chi connectivity index (χ2v) is 7.18. The van der Waals surface area contributed by atoms with E-state index in [-0.39, 0.29) is 0 Å². The Hall–Kier alpha value is -1.35. The van der Waals surface area contributed by atoms with Crippen LogP contribution in [0.25, 0.3) is 11.1 Å². The van der Waals surface area contributed by atoms with Crippen molar-refractivity contribution in [3.8, 4) is 11.1 Å². The van der Waals surface area contributed by atoms with Gasteiger partial charge < -0.3 is 4.90 Å². The summed E-state index contributed by atoms with van der Waals surface area (Å²) in [5.74, 6) is 0. The van der Waals surface area contributed by atoms with E-state index in [1.54, 1.807) is 0 Å². The molecular weight excluding hydrogens is 304 g/mol. The van der Waals surface area contributed by atoms with Crippen molar-refractivity contribution >= 4 is 11.6 Å². The van der Waals surface area contributed by atoms with Gasteiger partial charge in [-0.2, -0.15) is 0 Å². The first kappa shape index (κ1) is 15.2. The van der Waals surface area contributed by atoms with Gasteiger partial charge in [0, 0.05) is 30.7 Å². The molecule has 0 saturated carbocycles. The third-order valence-corrected chi connectivity index (χ3v) is 5.55. The first-order valence-corrected chi connectivity index (χ1v) is 8.97. The Balaban J connectivity index is 1.46. The van der Waals surface area contributed by atoms with E-state index in [0.717, 1.165) is 17.6 Å². The van der Waals surface area contributed by atoms with Gasteiger partial charge in [-0.3, -0.25) is 4.90 Å². The molecule has 3 fully saturated rings. The van der Waals surface area contributed by atoms with E-state index in [0.29, 0.717) is 0 Å². The molecule has 120 valence electrons. The Morgan fingerprint density at radius 3 is 2.04 bits per heavy atom. The van der Waals surface area contributed by atoms with Gasteiger partial charge in [-0.1, -0.05) is 48.0 Å². The maximum absolute atomic E-state index is 5.97. The maximum Gasteiger partial charge on any atom is 0.0406 e. The molecule has 3 aliphatic rings. The summed E-state index contributed by atoms with van der Waals surface area (Å²) in [5.41, 5.74) is 3.90. The van der Waals surface area contributed by atoms with Gasteiger partial charge in [0.25, 0.3) is 0 Å². The van der Waals surface area contributed by atoms with E-state index in [9.17, 15) is 0 Å². The van der Waals surface area contributed by atoms with Crippen molar-refractivity contribution in [2.24, 2.45) is 0 Å². The lowest BCUT2D eigenvalue weighted by Crippen LogP contribution is -2.37. The van der Waals surface area contributed by atoms with Crippen molar-refractivity contribution in [1.29, 1.82) is 0 Å². The smallest absolute Gasteiger partial charge is 0.0406 e. The van der Waals surface area contributed by atoms with E-state index in [4.69, 9.17) is 11.6 Å². The van der Waals surface area contributed by atoms with E-state index in [1.165, 1.54) is 55.7 Å². The van der Waals surface area contributed by atoms with Crippen LogP contribution >= 0.6 is 11.6 Å². The van der Waals surface area contributed by atoms with Crippen LogP contribution in [0, 0.1) is 0 Å². The highest BCUT2D eigenvalue weighted by Crippen LogP contribution is 2.25. The summed E-state index contributed by atoms with van der Waals surface area (Å²) in [7, 11) is 0. The van der Waals surface area contributed by atoms with Crippen LogP contribution in [0.2, 0.25) is 5.02 Å². The number of benzene rings is 2. The van der Waals surface area contributed by atoms with Gasteiger partial charge in [-0.05, 0) is 54.8 Å². The molecule has 5 rings (SSSR count). The fourth-order valence-electron chi connectivity index (χ4n) is 3.85. The minimum absolute atomic E-state index is 0.782. The predicted octanol–water partition coefficient (Wildman–Crippen LogP) is 4.29. The quantitative estimate of drug-likeness (QED) is 0.830. The van der Waals surface area contributed by atoms with Crippen LogP contribution in [-0.4, -0.2) is 42.0 Å². The van der Waals surface area contributed by atoms with Crippen molar-refractivity contribution in [1.82, 2.24) is 9.80 Å². The Kier molecular flexibility index (Phi) is 4.39. The molecule has 0 radical (unpaired) electrons. The van der Waals surface area contributed by atoms with Gasteiger partial charge in [0.1, 0.15) is 0 Å². The molecule has 2 aromatic rings. The average molecular weight is 327 g/mol. The molecule has 3 heterocycles. The fourth-order valence-corrected chi connectivity index (χ4v) is 3.97. The summed E-state index contributed by atoms with van der Waals surface area (Å²) in [5, 5.41) is 0.789. The molecule has 0 amide bonds. The lowest BCUT2D eigenvalue weighted by molar-refractivity contribution is 0.176. The molecule has 0 spiro atoms. The summed E-state index contributed by atoms with van der Waals surface area (Å²) in [6.45, 7) is 6.11. The van der Waals surface area contributed by atoms with E-state index < -0.39 is 0 Å². The molecule has 2 bridgehead atoms. The highest BCUT2D eigenvalue weighted by Gasteiger charge is 2.28. The molecule has 3 heteroatoms. The van der Waals surface area contributed by atoms with Crippen LogP contribution in [0.5, 0.6) is 0 Å². The van der Waals surface area contributed by atoms with Crippen molar-refractivity contribution in [2.45, 2.75) is 25.4 Å². The molecule has 23 heavy (non-hydrogen) atoms. The van der Waals surface area contributed by atoms with Crippen LogP contribution in [0.3, 0.4) is 0 Å². The number of nitrogens with zero attached hydrogens (tertiary/aromatic N) is 2. The summed E-state index contributed by atoms with van der Waals surface area (Å²) in [6.07, 6.45) is 2.67. The lowest BCUT2D eigenvalue weighted by atomic mass is 10.0. The third kappa shape index (κ3) is 3.45. The summed E-state index contributed by atoms with van der Waals surface area (Å²) < 4.78 is 0. The molecule has 2 aromatic carbocycles. The molecule has 3 saturated heterocycles. The summed E-state index contributed by atoms with van der Waals surface area (Å²) in [6, 6.07) is 17.9. The Bertz CT molecular complexity index is 642. The molecule has 0 aliphatic carbocycles. The Morgan fingerprint density at radius 2 is 1.39 bits per heavy atom. The number of rotatable bonds is 3. The van der Waals surface area contributed by atoms with Crippen molar-refractivity contribution in [3.63, 3.8) is 0 Å². The molecule has 0 N–H and O–H groups in total. The number of fused-ring (bicyclic) bond motifs is 4. The van der Waals surface area contributed by atoms with Crippen LogP contribution in [-0.2, 0) is 6.54 Å². The molecule has 3 aliphatic heterocycles. The lowest BCUT2D eigenvalue weighted by Gasteiger charge is -2.31. The number of hydrogen-bond donors (Lipinski definition) is 0. The van der Waals surface area contributed by atoms with Crippen LogP contribution in [0.4, 0.5) is 0 Å². The van der Waals surface area contributed by atoms with Gasteiger partial charge in [0.2, 0.25) is 0 Å². The zero-order valence-corrected chi connectivity index (χ0v) is 14.2. The second kappa shape index (κ2) is 6.64. The van der Waals surface area contributed by atoms with Gasteiger partial charge in [-0.25, -0.2) is 0 Å². The molecular formula is C20H23ClN2. The third-order valence-electron chi connectivity index (χ3n) is 5.29. The monoisotopic (exact) mass is 326 g/mol. The van der Waals surface area contributed by atoms with Crippen LogP contribution < -0.4 is 0 Å². The van der Waals surface area contributed by atoms with Crippen LogP contribution in [0.15, 0.2) is 48.5 Å². The molecule has 0 atom stereocenters. The van der Waals surface area contributed by atoms with E-state index >= 15 is 0 Å². The molecule has 2 nitrogen and oxygen atoms in total. The minimum atomic E-state index is 0.782. The number of hydrogen-bond acceptors (Lipinski definition) is 2. The predicted molar refractivity (Wildman–Crippen MR) is 96.8 cm³/mol. The number of halogens is 1. The van der Waals surface area contributed by atoms with Gasteiger partial charge in [0.15, 0.2) is 0 Å². The topological polar surface area (TPSA) is 6.48 Å². The first-order valence-electron chi connectivity index (χ1n) is 8.59. The zero-order valence-electron chi connectivity index (χ0n) is 13.4. The molecule has 0 unspecified atom stereocenters. The first-order chi connectivity index (χ1) is 11.3. The van der Waals surface area contributed by atoms with Gasteiger partial charge >= 0.3 is 0 Å². The summed E-state index contributed by atoms with van der Waals surface area (Å²) >= 11 is 5.97. The SMILES string of the molecule is Clc1ccc(-c2ccc(CN3CCN4CCC3CC4)cc2)cc1. The van der Waals surface area contributed by atoms with E-state index in [2.05, 4.69) is 46.2 Å². The van der Waals surface area contributed by atoms with E-state index in [1.807, 2.05) is 12.1 Å². The normalized spacial score (nSPS) is 24.6. The fraction of sp³-hybridized carbons (Fsp3) is 0.400. The van der Waals surface area contributed by atoms with Gasteiger partial charge in [0.05, 0.1) is 0 Å². The largest absolute Gasteiger partial charge is 0.302 e. The maximum atomic E-state index is 5.97. The zero-order chi connectivity index (χ0) is 15.6. The van der Waals surface area contributed by atoms with Crippen molar-refractivity contribution < 1.29 is 0 Å². The van der Waals surface area contributed by atoms with Gasteiger partial charge in [-0.15, -0.1) is 0 Å². The highest BCUT2D eigenvalue weighted by molar-refractivity contribution is 6.30. The average Bonchev–Trinajstić information content (AvgIpc) is 2.90. The Labute approximate surface area is 143 Å². The number of piperidine rings is 1. The van der Waals surface area contributed by atoms with Crippen molar-refractivity contribution in [3.05, 3.63) is 59.1 Å². The minimum Gasteiger partial charge on any atom is -0.302 e. The second-order valence-electron chi connectivity index (χ2n) is 6.75. The summed E-state index contributed by atoms with van der Waals surface area (Å²) in [4.78, 5) is 5.30. The highest BCUT2D eigenvalue weighted by atomic mass is 35.5. The Morgan fingerprint density at radius 1 is 0.783 bits per heavy atom. The van der Waals surface area contributed by atoms with Crippen molar-refractivity contribution in [2.75, 3.05) is 26.2 Å². The molecule has 0 aromatic heterocycles. The standard InChI is InChI=1S/C20H23ClN2/c21-19-7-5-18(6-8-19)17-3-1-16(2-4-17)15-23-14-13-22-11-9-20(23)10-12-22/h1-8,20H,9-15H2.